The molecule has 1 amide bonds. The lowest BCUT2D eigenvalue weighted by molar-refractivity contribution is -0.203. The Labute approximate surface area is 220 Å². The van der Waals surface area contributed by atoms with Gasteiger partial charge < -0.3 is 25.0 Å². The molecule has 0 bridgehead atoms. The Kier molecular flexibility index (Phi) is 9.10. The number of likely N-dealkylation sites (tertiary alicyclic amines) is 1. The average Bonchev–Trinajstić information content (AvgIpc) is 3.44. The molecular formula is C29H43N3O3S. The summed E-state index contributed by atoms with van der Waals surface area (Å²) >= 11 is 1.85. The van der Waals surface area contributed by atoms with Crippen LogP contribution in [-0.2, 0) is 22.4 Å². The molecule has 5 rings (SSSR count). The molecule has 7 heteroatoms. The molecule has 0 unspecified atom stereocenters. The lowest BCUT2D eigenvalue weighted by atomic mass is 9.87. The van der Waals surface area contributed by atoms with Gasteiger partial charge in [-0.3, -0.25) is 4.79 Å². The molecule has 2 saturated heterocycles. The summed E-state index contributed by atoms with van der Waals surface area (Å²) in [6, 6.07) is 12.1. The molecule has 1 aromatic carbocycles. The van der Waals surface area contributed by atoms with Gasteiger partial charge >= 0.3 is 0 Å². The number of thiophene rings is 1. The van der Waals surface area contributed by atoms with Crippen molar-refractivity contribution in [2.24, 2.45) is 0 Å². The molecule has 36 heavy (non-hydrogen) atoms. The Morgan fingerprint density at radius 1 is 1.08 bits per heavy atom. The number of carbonyl (C=O) groups excluding carboxylic acids is 1. The number of aryl methyl sites for hydroxylation is 1. The molecule has 3 aliphatic rings. The first kappa shape index (κ1) is 27.1. The molecule has 2 aromatic rings. The van der Waals surface area contributed by atoms with E-state index in [1.807, 2.05) is 41.5 Å². The van der Waals surface area contributed by atoms with Gasteiger partial charge in [0.25, 0.3) is 5.91 Å². The molecule has 198 valence electrons. The Balaban J connectivity index is 0.000000256. The van der Waals surface area contributed by atoms with Crippen molar-refractivity contribution in [3.63, 3.8) is 0 Å². The average molecular weight is 514 g/mol. The minimum absolute atomic E-state index is 0.167. The van der Waals surface area contributed by atoms with E-state index >= 15 is 0 Å². The van der Waals surface area contributed by atoms with Crippen molar-refractivity contribution in [1.29, 1.82) is 0 Å². The first-order valence-corrected chi connectivity index (χ1v) is 14.4. The Hall–Kier alpha value is -1.93. The van der Waals surface area contributed by atoms with Gasteiger partial charge in [0, 0.05) is 30.6 Å². The highest BCUT2D eigenvalue weighted by Gasteiger charge is 2.62. The van der Waals surface area contributed by atoms with E-state index < -0.39 is 5.60 Å². The van der Waals surface area contributed by atoms with E-state index in [-0.39, 0.29) is 17.6 Å². The van der Waals surface area contributed by atoms with Crippen LogP contribution in [-0.4, -0.2) is 77.8 Å². The van der Waals surface area contributed by atoms with Gasteiger partial charge in [-0.25, -0.2) is 0 Å². The fraction of sp³-hybridized carbons (Fsp3) is 0.621. The lowest BCUT2D eigenvalue weighted by Gasteiger charge is -2.51. The maximum atomic E-state index is 12.7. The minimum Gasteiger partial charge on any atom is -0.508 e. The number of morpholine rings is 1. The van der Waals surface area contributed by atoms with Crippen LogP contribution in [0.1, 0.15) is 56.4 Å². The molecule has 0 radical (unpaired) electrons. The second-order valence-electron chi connectivity index (χ2n) is 10.8. The predicted octanol–water partition coefficient (Wildman–Crippen LogP) is 4.47. The lowest BCUT2D eigenvalue weighted by Crippen LogP contribution is -2.64. The van der Waals surface area contributed by atoms with Gasteiger partial charge in [0.1, 0.15) is 11.4 Å². The van der Waals surface area contributed by atoms with Gasteiger partial charge in [-0.15, -0.1) is 11.3 Å². The van der Waals surface area contributed by atoms with E-state index in [0.717, 1.165) is 70.4 Å². The summed E-state index contributed by atoms with van der Waals surface area (Å²) in [6.07, 6.45) is 7.05. The largest absolute Gasteiger partial charge is 0.508 e. The fourth-order valence-corrected chi connectivity index (χ4v) is 6.07. The van der Waals surface area contributed by atoms with E-state index in [0.29, 0.717) is 5.75 Å². The van der Waals surface area contributed by atoms with Crippen LogP contribution in [0.25, 0.3) is 0 Å². The van der Waals surface area contributed by atoms with Gasteiger partial charge in [-0.2, -0.15) is 0 Å². The van der Waals surface area contributed by atoms with Gasteiger partial charge in [0.05, 0.1) is 12.1 Å². The summed E-state index contributed by atoms with van der Waals surface area (Å²) in [4.78, 5) is 18.7. The Morgan fingerprint density at radius 2 is 1.83 bits per heavy atom. The number of amides is 1. The number of benzene rings is 1. The number of piperidine rings is 1. The van der Waals surface area contributed by atoms with Crippen LogP contribution in [0.5, 0.6) is 5.75 Å². The molecule has 6 nitrogen and oxygen atoms in total. The SMILES string of the molecule is CC(C)N1CC2(CCN(CCc3ccccc3O)CC2)OC2(CC2)C1=O.CNCCCc1cccs1. The predicted molar refractivity (Wildman–Crippen MR) is 147 cm³/mol. The van der Waals surface area contributed by atoms with Crippen LogP contribution in [0.15, 0.2) is 41.8 Å². The normalized spacial score (nSPS) is 20.6. The summed E-state index contributed by atoms with van der Waals surface area (Å²) in [7, 11) is 1.99. The van der Waals surface area contributed by atoms with Crippen molar-refractivity contribution in [2.45, 2.75) is 76.0 Å². The molecule has 1 aromatic heterocycles. The van der Waals surface area contributed by atoms with E-state index in [1.54, 1.807) is 6.07 Å². The van der Waals surface area contributed by atoms with Gasteiger partial charge in [0.15, 0.2) is 0 Å². The third-order valence-corrected chi connectivity index (χ3v) is 8.67. The number of para-hydroxylation sites is 1. The number of aromatic hydroxyl groups is 1. The van der Waals surface area contributed by atoms with E-state index in [2.05, 4.69) is 41.6 Å². The number of carbonyl (C=O) groups is 1. The van der Waals surface area contributed by atoms with E-state index in [1.165, 1.54) is 17.7 Å². The quantitative estimate of drug-likeness (QED) is 0.510. The molecule has 2 aliphatic heterocycles. The van der Waals surface area contributed by atoms with Gasteiger partial charge in [0.2, 0.25) is 0 Å². The molecule has 1 saturated carbocycles. The number of phenolic OH excluding ortho intramolecular Hbond substituents is 1. The Morgan fingerprint density at radius 3 is 2.44 bits per heavy atom. The summed E-state index contributed by atoms with van der Waals surface area (Å²) in [6.45, 7) is 9.00. The maximum absolute atomic E-state index is 12.7. The molecule has 0 atom stereocenters. The monoisotopic (exact) mass is 513 g/mol. The third kappa shape index (κ3) is 6.68. The smallest absolute Gasteiger partial charge is 0.255 e. The second kappa shape index (κ2) is 12.1. The first-order chi connectivity index (χ1) is 17.4. The zero-order valence-corrected chi connectivity index (χ0v) is 23.0. The Bertz CT molecular complexity index is 966. The van der Waals surface area contributed by atoms with Gasteiger partial charge in [-0.1, -0.05) is 24.3 Å². The van der Waals surface area contributed by atoms with Crippen molar-refractivity contribution in [2.75, 3.05) is 39.8 Å². The zero-order chi connectivity index (χ0) is 25.6. The highest BCUT2D eigenvalue weighted by Crippen LogP contribution is 2.50. The molecule has 1 aliphatic carbocycles. The fourth-order valence-electron chi connectivity index (χ4n) is 5.32. The third-order valence-electron chi connectivity index (χ3n) is 7.73. The summed E-state index contributed by atoms with van der Waals surface area (Å²) in [5, 5.41) is 15.2. The molecule has 2 spiro atoms. The standard InChI is InChI=1S/C21H30N2O3.C8H13NS/c1-16(2)23-15-20(26-21(8-9-21)19(23)25)10-13-22(14-11-20)12-7-17-5-3-4-6-18(17)24;1-9-6-2-4-8-5-3-7-10-8/h3-6,16,24H,7-15H2,1-2H3;3,5,7,9H,2,4,6H2,1H3. The number of nitrogens with one attached hydrogen (secondary N) is 1. The summed E-state index contributed by atoms with van der Waals surface area (Å²) in [5.74, 6) is 0.596. The summed E-state index contributed by atoms with van der Waals surface area (Å²) < 4.78 is 6.48. The van der Waals surface area contributed by atoms with Gasteiger partial charge in [-0.05, 0) is 95.5 Å². The number of hydrogen-bond acceptors (Lipinski definition) is 6. The number of nitrogens with zero attached hydrogens (tertiary/aromatic N) is 2. The first-order valence-electron chi connectivity index (χ1n) is 13.5. The second-order valence-corrected chi connectivity index (χ2v) is 11.8. The van der Waals surface area contributed by atoms with Crippen molar-refractivity contribution in [3.8, 4) is 5.75 Å². The molecule has 3 fully saturated rings. The highest BCUT2D eigenvalue weighted by molar-refractivity contribution is 7.09. The zero-order valence-electron chi connectivity index (χ0n) is 22.2. The van der Waals surface area contributed by atoms with Crippen LogP contribution in [0.2, 0.25) is 0 Å². The van der Waals surface area contributed by atoms with Crippen LogP contribution < -0.4 is 5.32 Å². The number of phenols is 1. The molecular weight excluding hydrogens is 470 g/mol. The van der Waals surface area contributed by atoms with E-state index in [4.69, 9.17) is 4.74 Å². The minimum atomic E-state index is -0.499. The van der Waals surface area contributed by atoms with Crippen LogP contribution in [0.4, 0.5) is 0 Å². The number of ether oxygens (including phenoxy) is 1. The maximum Gasteiger partial charge on any atom is 0.255 e. The van der Waals surface area contributed by atoms with E-state index in [9.17, 15) is 9.90 Å². The molecule has 2 N–H and O–H groups in total. The highest BCUT2D eigenvalue weighted by atomic mass is 32.1. The van der Waals surface area contributed by atoms with Crippen LogP contribution >= 0.6 is 11.3 Å². The summed E-state index contributed by atoms with van der Waals surface area (Å²) in [5.41, 5.74) is 0.343. The number of rotatable bonds is 8. The van der Waals surface area contributed by atoms with Crippen molar-refractivity contribution < 1.29 is 14.6 Å². The van der Waals surface area contributed by atoms with Crippen molar-refractivity contribution >= 4 is 17.2 Å². The van der Waals surface area contributed by atoms with Crippen LogP contribution in [0.3, 0.4) is 0 Å². The van der Waals surface area contributed by atoms with Crippen molar-refractivity contribution in [3.05, 3.63) is 52.2 Å². The van der Waals surface area contributed by atoms with Crippen molar-refractivity contribution in [1.82, 2.24) is 15.1 Å². The molecule has 3 heterocycles. The number of hydrogen-bond donors (Lipinski definition) is 2. The van der Waals surface area contributed by atoms with Crippen LogP contribution in [0, 0.1) is 0 Å². The topological polar surface area (TPSA) is 65.0 Å².